The number of ether oxygens (including phenoxy) is 1. The Morgan fingerprint density at radius 2 is 1.70 bits per heavy atom. The van der Waals surface area contributed by atoms with Gasteiger partial charge in [-0.05, 0) is 37.7 Å². The minimum absolute atomic E-state index is 0.678. The molecule has 1 aromatic heterocycles. The lowest BCUT2D eigenvalue weighted by molar-refractivity contribution is 0.274. The number of benzene rings is 2. The number of aromatic nitrogens is 1. The molecule has 0 radical (unpaired) electrons. The molecule has 118 valence electrons. The maximum Gasteiger partial charge on any atom is 0.214 e. The second kappa shape index (κ2) is 7.25. The number of pyridine rings is 1. The molecule has 3 heteroatoms. The molecule has 3 rings (SSSR count). The van der Waals surface area contributed by atoms with Crippen molar-refractivity contribution < 1.29 is 4.74 Å². The van der Waals surface area contributed by atoms with Gasteiger partial charge in [-0.15, -0.1) is 0 Å². The number of rotatable bonds is 6. The van der Waals surface area contributed by atoms with Crippen LogP contribution in [0.25, 0.3) is 22.0 Å². The van der Waals surface area contributed by atoms with Crippen LogP contribution in [-0.4, -0.2) is 37.1 Å². The molecule has 0 saturated heterocycles. The van der Waals surface area contributed by atoms with Crippen molar-refractivity contribution >= 4 is 10.9 Å². The third-order valence-corrected chi connectivity index (χ3v) is 3.78. The Hall–Kier alpha value is -2.39. The van der Waals surface area contributed by atoms with E-state index in [1.54, 1.807) is 0 Å². The van der Waals surface area contributed by atoms with Gasteiger partial charge >= 0.3 is 0 Å². The Labute approximate surface area is 137 Å². The molecule has 3 aromatic rings. The van der Waals surface area contributed by atoms with Gasteiger partial charge in [0.2, 0.25) is 5.88 Å². The van der Waals surface area contributed by atoms with Crippen molar-refractivity contribution in [3.05, 3.63) is 60.7 Å². The molecule has 0 fully saturated rings. The summed E-state index contributed by atoms with van der Waals surface area (Å²) in [6.07, 6.45) is 0.988. The van der Waals surface area contributed by atoms with Gasteiger partial charge in [0.05, 0.1) is 12.1 Å². The minimum Gasteiger partial charge on any atom is -0.478 e. The minimum atomic E-state index is 0.678. The molecule has 0 amide bonds. The number of fused-ring (bicyclic) bond motifs is 1. The second-order valence-electron chi connectivity index (χ2n) is 5.90. The van der Waals surface area contributed by atoms with Gasteiger partial charge in [0.1, 0.15) is 0 Å². The van der Waals surface area contributed by atoms with E-state index in [0.29, 0.717) is 12.5 Å². The van der Waals surface area contributed by atoms with E-state index in [1.165, 1.54) is 11.1 Å². The lowest BCUT2D eigenvalue weighted by Gasteiger charge is -2.12. The highest BCUT2D eigenvalue weighted by Gasteiger charge is 2.08. The lowest BCUT2D eigenvalue weighted by atomic mass is 10.0. The summed E-state index contributed by atoms with van der Waals surface area (Å²) in [6, 6.07) is 20.7. The molecule has 0 N–H and O–H groups in total. The summed E-state index contributed by atoms with van der Waals surface area (Å²) in [7, 11) is 4.14. The highest BCUT2D eigenvalue weighted by atomic mass is 16.5. The highest BCUT2D eigenvalue weighted by Crippen LogP contribution is 2.30. The van der Waals surface area contributed by atoms with Crippen LogP contribution in [0.15, 0.2) is 60.7 Å². The van der Waals surface area contributed by atoms with Gasteiger partial charge in [-0.1, -0.05) is 48.5 Å². The topological polar surface area (TPSA) is 25.4 Å². The molecule has 0 aliphatic rings. The van der Waals surface area contributed by atoms with Gasteiger partial charge in [0, 0.05) is 18.0 Å². The fraction of sp³-hybridized carbons (Fsp3) is 0.250. The molecule has 0 unspecified atom stereocenters. The van der Waals surface area contributed by atoms with Gasteiger partial charge in [0.15, 0.2) is 0 Å². The third kappa shape index (κ3) is 3.88. The fourth-order valence-corrected chi connectivity index (χ4v) is 2.64. The molecule has 0 bridgehead atoms. The standard InChI is InChI=1S/C20H22N2O/c1-22(2)13-8-14-23-20-15-18(16-9-4-3-5-10-16)17-11-6-7-12-19(17)21-20/h3-7,9-12,15H,8,13-14H2,1-2H3. The zero-order chi connectivity index (χ0) is 16.1. The molecular weight excluding hydrogens is 284 g/mol. The summed E-state index contributed by atoms with van der Waals surface area (Å²) in [5, 5.41) is 1.15. The van der Waals surface area contributed by atoms with E-state index in [4.69, 9.17) is 4.74 Å². The van der Waals surface area contributed by atoms with Crippen LogP contribution in [0.3, 0.4) is 0 Å². The normalized spacial score (nSPS) is 11.1. The van der Waals surface area contributed by atoms with E-state index in [2.05, 4.69) is 54.3 Å². The maximum absolute atomic E-state index is 5.89. The predicted molar refractivity (Wildman–Crippen MR) is 95.8 cm³/mol. The molecule has 0 saturated carbocycles. The molecule has 0 aliphatic carbocycles. The summed E-state index contributed by atoms with van der Waals surface area (Å²) in [5.74, 6) is 0.696. The molecule has 3 nitrogen and oxygen atoms in total. The number of hydrogen-bond acceptors (Lipinski definition) is 3. The second-order valence-corrected chi connectivity index (χ2v) is 5.90. The zero-order valence-corrected chi connectivity index (χ0v) is 13.7. The fourth-order valence-electron chi connectivity index (χ4n) is 2.64. The Kier molecular flexibility index (Phi) is 4.89. The van der Waals surface area contributed by atoms with E-state index in [9.17, 15) is 0 Å². The Bertz CT molecular complexity index is 769. The molecule has 1 heterocycles. The van der Waals surface area contributed by atoms with Crippen LogP contribution in [-0.2, 0) is 0 Å². The first-order valence-electron chi connectivity index (χ1n) is 7.97. The lowest BCUT2D eigenvalue weighted by Crippen LogP contribution is -2.15. The molecule has 0 atom stereocenters. The molecule has 23 heavy (non-hydrogen) atoms. The first kappa shape index (κ1) is 15.5. The van der Waals surface area contributed by atoms with E-state index in [0.717, 1.165) is 23.9 Å². The summed E-state index contributed by atoms with van der Waals surface area (Å²) in [5.41, 5.74) is 3.32. The third-order valence-electron chi connectivity index (χ3n) is 3.78. The summed E-state index contributed by atoms with van der Waals surface area (Å²) in [4.78, 5) is 6.80. The van der Waals surface area contributed by atoms with Crippen LogP contribution in [0.1, 0.15) is 6.42 Å². The van der Waals surface area contributed by atoms with Gasteiger partial charge in [-0.2, -0.15) is 0 Å². The number of nitrogens with zero attached hydrogens (tertiary/aromatic N) is 2. The first-order valence-corrected chi connectivity index (χ1v) is 7.97. The average molecular weight is 306 g/mol. The molecule has 0 spiro atoms. The van der Waals surface area contributed by atoms with Crippen molar-refractivity contribution in [3.8, 4) is 17.0 Å². The highest BCUT2D eigenvalue weighted by molar-refractivity contribution is 5.95. The van der Waals surface area contributed by atoms with Crippen molar-refractivity contribution in [1.29, 1.82) is 0 Å². The van der Waals surface area contributed by atoms with E-state index in [1.807, 2.05) is 30.3 Å². The predicted octanol–water partition coefficient (Wildman–Crippen LogP) is 4.23. The zero-order valence-electron chi connectivity index (χ0n) is 13.7. The quantitative estimate of drug-likeness (QED) is 0.637. The van der Waals surface area contributed by atoms with E-state index >= 15 is 0 Å². The van der Waals surface area contributed by atoms with Gasteiger partial charge in [-0.25, -0.2) is 4.98 Å². The van der Waals surface area contributed by atoms with E-state index in [-0.39, 0.29) is 0 Å². The summed E-state index contributed by atoms with van der Waals surface area (Å²) < 4.78 is 5.89. The van der Waals surface area contributed by atoms with Crippen molar-refractivity contribution in [1.82, 2.24) is 9.88 Å². The monoisotopic (exact) mass is 306 g/mol. The molecule has 0 aliphatic heterocycles. The van der Waals surface area contributed by atoms with Gasteiger partial charge in [-0.3, -0.25) is 0 Å². The van der Waals surface area contributed by atoms with Crippen LogP contribution in [0.5, 0.6) is 5.88 Å². The van der Waals surface area contributed by atoms with Crippen molar-refractivity contribution in [2.75, 3.05) is 27.2 Å². The SMILES string of the molecule is CN(C)CCCOc1cc(-c2ccccc2)c2ccccc2n1. The molecular formula is C20H22N2O. The molecule has 2 aromatic carbocycles. The average Bonchev–Trinajstić information content (AvgIpc) is 2.58. The van der Waals surface area contributed by atoms with Crippen LogP contribution in [0, 0.1) is 0 Å². The first-order chi connectivity index (χ1) is 11.2. The van der Waals surface area contributed by atoms with Crippen LogP contribution in [0.2, 0.25) is 0 Å². The Morgan fingerprint density at radius 3 is 2.48 bits per heavy atom. The van der Waals surface area contributed by atoms with Crippen LogP contribution < -0.4 is 4.74 Å². The maximum atomic E-state index is 5.89. The summed E-state index contributed by atoms with van der Waals surface area (Å²) in [6.45, 7) is 1.69. The van der Waals surface area contributed by atoms with Gasteiger partial charge < -0.3 is 9.64 Å². The largest absolute Gasteiger partial charge is 0.478 e. The summed E-state index contributed by atoms with van der Waals surface area (Å²) >= 11 is 0. The number of para-hydroxylation sites is 1. The van der Waals surface area contributed by atoms with E-state index < -0.39 is 0 Å². The van der Waals surface area contributed by atoms with Crippen LogP contribution >= 0.6 is 0 Å². The number of hydrogen-bond donors (Lipinski definition) is 0. The smallest absolute Gasteiger partial charge is 0.214 e. The van der Waals surface area contributed by atoms with Gasteiger partial charge in [0.25, 0.3) is 0 Å². The van der Waals surface area contributed by atoms with Crippen molar-refractivity contribution in [2.45, 2.75) is 6.42 Å². The Balaban J connectivity index is 1.91. The van der Waals surface area contributed by atoms with Crippen LogP contribution in [0.4, 0.5) is 0 Å². The van der Waals surface area contributed by atoms with Crippen molar-refractivity contribution in [2.24, 2.45) is 0 Å². The Morgan fingerprint density at radius 1 is 0.957 bits per heavy atom. The van der Waals surface area contributed by atoms with Crippen molar-refractivity contribution in [3.63, 3.8) is 0 Å².